The topological polar surface area (TPSA) is 49.6 Å². The Labute approximate surface area is 75.7 Å². The molecule has 0 amide bonds. The van der Waals surface area contributed by atoms with Crippen LogP contribution < -0.4 is 0 Å². The van der Waals surface area contributed by atoms with Gasteiger partial charge in [0.15, 0.2) is 0 Å². The summed E-state index contributed by atoms with van der Waals surface area (Å²) in [7, 11) is 0. The molecule has 0 spiro atoms. The monoisotopic (exact) mass is 169 g/mol. The maximum atomic E-state index is 8.58. The number of pyridine rings is 2. The highest BCUT2D eigenvalue weighted by Crippen LogP contribution is 2.12. The van der Waals surface area contributed by atoms with Crippen LogP contribution in [0.25, 0.3) is 11.0 Å². The quantitative estimate of drug-likeness (QED) is 0.652. The molecule has 0 fully saturated rings. The third kappa shape index (κ3) is 1.34. The molecule has 2 aromatic rings. The average Bonchev–Trinajstić information content (AvgIpc) is 2.19. The van der Waals surface area contributed by atoms with Gasteiger partial charge in [-0.2, -0.15) is 5.26 Å². The summed E-state index contributed by atoms with van der Waals surface area (Å²) in [5.74, 6) is 0. The zero-order chi connectivity index (χ0) is 9.10. The van der Waals surface area contributed by atoms with Gasteiger partial charge in [0, 0.05) is 12.4 Å². The summed E-state index contributed by atoms with van der Waals surface area (Å²) in [5.41, 5.74) is 2.61. The summed E-state index contributed by atoms with van der Waals surface area (Å²) >= 11 is 0. The molecule has 0 saturated carbocycles. The first kappa shape index (κ1) is 7.69. The van der Waals surface area contributed by atoms with E-state index < -0.39 is 0 Å². The molecule has 62 valence electrons. The van der Waals surface area contributed by atoms with Crippen molar-refractivity contribution in [3.05, 3.63) is 36.2 Å². The number of aromatic nitrogens is 2. The maximum Gasteiger partial charge on any atom is 0.0929 e. The van der Waals surface area contributed by atoms with E-state index in [0.29, 0.717) is 6.42 Å². The molecule has 0 aliphatic heterocycles. The van der Waals surface area contributed by atoms with E-state index in [4.69, 9.17) is 5.26 Å². The first-order valence-corrected chi connectivity index (χ1v) is 3.97. The first-order valence-electron chi connectivity index (χ1n) is 3.97. The number of hydrogen-bond donors (Lipinski definition) is 0. The Hall–Kier alpha value is -1.95. The van der Waals surface area contributed by atoms with Gasteiger partial charge in [0.1, 0.15) is 0 Å². The second-order valence-electron chi connectivity index (χ2n) is 2.68. The van der Waals surface area contributed by atoms with E-state index in [2.05, 4.69) is 16.0 Å². The average molecular weight is 169 g/mol. The number of fused-ring (bicyclic) bond motifs is 1. The minimum Gasteiger partial charge on any atom is -0.255 e. The normalized spacial score (nSPS) is 9.77. The molecular weight excluding hydrogens is 162 g/mol. The lowest BCUT2D eigenvalue weighted by Crippen LogP contribution is -1.89. The van der Waals surface area contributed by atoms with Crippen molar-refractivity contribution in [2.75, 3.05) is 0 Å². The molecule has 2 rings (SSSR count). The van der Waals surface area contributed by atoms with Crippen LogP contribution in [0.3, 0.4) is 0 Å². The lowest BCUT2D eigenvalue weighted by molar-refractivity contribution is 1.22. The van der Waals surface area contributed by atoms with Crippen LogP contribution in [0, 0.1) is 11.3 Å². The Kier molecular flexibility index (Phi) is 1.89. The van der Waals surface area contributed by atoms with E-state index >= 15 is 0 Å². The molecular formula is C10H7N3. The molecule has 13 heavy (non-hydrogen) atoms. The molecule has 0 radical (unpaired) electrons. The van der Waals surface area contributed by atoms with E-state index in [9.17, 15) is 0 Å². The number of rotatable bonds is 1. The summed E-state index contributed by atoms with van der Waals surface area (Å²) in [5, 5.41) is 8.58. The van der Waals surface area contributed by atoms with Crippen LogP contribution in [0.1, 0.15) is 5.56 Å². The van der Waals surface area contributed by atoms with Gasteiger partial charge in [-0.15, -0.1) is 0 Å². The molecule has 0 aromatic carbocycles. The van der Waals surface area contributed by atoms with E-state index in [1.807, 2.05) is 18.2 Å². The van der Waals surface area contributed by atoms with Gasteiger partial charge in [0.25, 0.3) is 0 Å². The SMILES string of the molecule is N#CCc1ccnc2cccnc12. The van der Waals surface area contributed by atoms with Crippen LogP contribution in [-0.2, 0) is 6.42 Å². The van der Waals surface area contributed by atoms with Crippen molar-refractivity contribution in [2.24, 2.45) is 0 Å². The van der Waals surface area contributed by atoms with Gasteiger partial charge in [-0.1, -0.05) is 0 Å². The Morgan fingerprint density at radius 1 is 1.23 bits per heavy atom. The van der Waals surface area contributed by atoms with E-state index in [-0.39, 0.29) is 0 Å². The zero-order valence-electron chi connectivity index (χ0n) is 6.94. The molecule has 0 bridgehead atoms. The van der Waals surface area contributed by atoms with Crippen LogP contribution in [0.2, 0.25) is 0 Å². The van der Waals surface area contributed by atoms with E-state index in [1.54, 1.807) is 12.4 Å². The Balaban J connectivity index is 2.70. The molecule has 0 unspecified atom stereocenters. The molecule has 3 heteroatoms. The molecule has 0 aliphatic carbocycles. The fraction of sp³-hybridized carbons (Fsp3) is 0.100. The largest absolute Gasteiger partial charge is 0.255 e. The predicted octanol–water partition coefficient (Wildman–Crippen LogP) is 1.70. The van der Waals surface area contributed by atoms with Gasteiger partial charge in [-0.25, -0.2) is 0 Å². The second-order valence-corrected chi connectivity index (χ2v) is 2.68. The van der Waals surface area contributed by atoms with Gasteiger partial charge in [0.2, 0.25) is 0 Å². The highest BCUT2D eigenvalue weighted by molar-refractivity contribution is 5.77. The number of hydrogen-bond acceptors (Lipinski definition) is 3. The molecule has 3 nitrogen and oxygen atoms in total. The Morgan fingerprint density at radius 2 is 2.15 bits per heavy atom. The van der Waals surface area contributed by atoms with Crippen molar-refractivity contribution in [3.63, 3.8) is 0 Å². The van der Waals surface area contributed by atoms with Gasteiger partial charge in [-0.05, 0) is 23.8 Å². The van der Waals surface area contributed by atoms with E-state index in [1.165, 1.54) is 0 Å². The summed E-state index contributed by atoms with van der Waals surface area (Å²) in [4.78, 5) is 8.34. The van der Waals surface area contributed by atoms with Crippen molar-refractivity contribution in [3.8, 4) is 6.07 Å². The smallest absolute Gasteiger partial charge is 0.0929 e. The van der Waals surface area contributed by atoms with Crippen LogP contribution in [0.4, 0.5) is 0 Å². The lowest BCUT2D eigenvalue weighted by atomic mass is 10.1. The maximum absolute atomic E-state index is 8.58. The van der Waals surface area contributed by atoms with Crippen molar-refractivity contribution >= 4 is 11.0 Å². The minimum absolute atomic E-state index is 0.385. The molecule has 0 aliphatic rings. The van der Waals surface area contributed by atoms with Crippen molar-refractivity contribution < 1.29 is 0 Å². The highest BCUT2D eigenvalue weighted by Gasteiger charge is 2.00. The van der Waals surface area contributed by atoms with Crippen LogP contribution in [0.5, 0.6) is 0 Å². The van der Waals surface area contributed by atoms with Crippen LogP contribution >= 0.6 is 0 Å². The Morgan fingerprint density at radius 3 is 3.00 bits per heavy atom. The third-order valence-corrected chi connectivity index (χ3v) is 1.85. The molecule has 0 saturated heterocycles. The van der Waals surface area contributed by atoms with Crippen molar-refractivity contribution in [1.82, 2.24) is 9.97 Å². The van der Waals surface area contributed by atoms with E-state index in [0.717, 1.165) is 16.6 Å². The molecule has 0 atom stereocenters. The highest BCUT2D eigenvalue weighted by atomic mass is 14.7. The summed E-state index contributed by atoms with van der Waals surface area (Å²) < 4.78 is 0. The number of nitriles is 1. The minimum atomic E-state index is 0.385. The summed E-state index contributed by atoms with van der Waals surface area (Å²) in [6.07, 6.45) is 3.80. The molecule has 2 aromatic heterocycles. The van der Waals surface area contributed by atoms with Crippen LogP contribution in [0.15, 0.2) is 30.6 Å². The van der Waals surface area contributed by atoms with Crippen molar-refractivity contribution in [2.45, 2.75) is 6.42 Å². The third-order valence-electron chi connectivity index (χ3n) is 1.85. The summed E-state index contributed by atoms with van der Waals surface area (Å²) in [6.45, 7) is 0. The van der Waals surface area contributed by atoms with Gasteiger partial charge >= 0.3 is 0 Å². The van der Waals surface area contributed by atoms with Gasteiger partial charge in [-0.3, -0.25) is 9.97 Å². The molecule has 2 heterocycles. The fourth-order valence-corrected chi connectivity index (χ4v) is 1.26. The standard InChI is InChI=1S/C10H7N3/c11-5-3-8-4-7-12-9-2-1-6-13-10(8)9/h1-2,4,6-7H,3H2. The summed E-state index contributed by atoms with van der Waals surface area (Å²) in [6, 6.07) is 7.67. The molecule has 0 N–H and O–H groups in total. The Bertz CT molecular complexity index is 466. The van der Waals surface area contributed by atoms with Gasteiger partial charge < -0.3 is 0 Å². The van der Waals surface area contributed by atoms with Crippen molar-refractivity contribution in [1.29, 1.82) is 5.26 Å². The fourth-order valence-electron chi connectivity index (χ4n) is 1.26. The second kappa shape index (κ2) is 3.20. The zero-order valence-corrected chi connectivity index (χ0v) is 6.94. The first-order chi connectivity index (χ1) is 6.42. The lowest BCUT2D eigenvalue weighted by Gasteiger charge is -1.99. The number of nitrogens with zero attached hydrogens (tertiary/aromatic N) is 3. The van der Waals surface area contributed by atoms with Gasteiger partial charge in [0.05, 0.1) is 23.5 Å². The van der Waals surface area contributed by atoms with Crippen LogP contribution in [-0.4, -0.2) is 9.97 Å². The predicted molar refractivity (Wildman–Crippen MR) is 48.9 cm³/mol.